The van der Waals surface area contributed by atoms with Gasteiger partial charge in [-0.25, -0.2) is 0 Å². The Morgan fingerprint density at radius 1 is 1.40 bits per heavy atom. The van der Waals surface area contributed by atoms with Gasteiger partial charge in [-0.05, 0) is 19.8 Å². The molecule has 2 amide bonds. The molecule has 2 aliphatic heterocycles. The highest BCUT2D eigenvalue weighted by Crippen LogP contribution is 2.27. The third kappa shape index (κ3) is 2.81. The Hall–Kier alpha value is -1.14. The average molecular weight is 284 g/mol. The van der Waals surface area contributed by atoms with Crippen LogP contribution in [-0.4, -0.2) is 60.3 Å². The maximum Gasteiger partial charge on any atom is 0.228 e. The van der Waals surface area contributed by atoms with E-state index < -0.39 is 12.0 Å². The highest BCUT2D eigenvalue weighted by atomic mass is 16.5. The van der Waals surface area contributed by atoms with Crippen LogP contribution < -0.4 is 5.32 Å². The minimum atomic E-state index is -0.719. The van der Waals surface area contributed by atoms with Gasteiger partial charge in [0.2, 0.25) is 11.8 Å². The first-order chi connectivity index (χ1) is 9.45. The van der Waals surface area contributed by atoms with Gasteiger partial charge in [0.15, 0.2) is 0 Å². The summed E-state index contributed by atoms with van der Waals surface area (Å²) in [5.41, 5.74) is 0. The summed E-state index contributed by atoms with van der Waals surface area (Å²) in [7, 11) is 1.70. The van der Waals surface area contributed by atoms with Crippen molar-refractivity contribution in [3.05, 3.63) is 0 Å². The Kier molecular flexibility index (Phi) is 4.65. The monoisotopic (exact) mass is 284 g/mol. The lowest BCUT2D eigenvalue weighted by Crippen LogP contribution is -2.66. The minimum absolute atomic E-state index is 0.0511. The van der Waals surface area contributed by atoms with Gasteiger partial charge >= 0.3 is 0 Å². The number of rotatable bonds is 4. The van der Waals surface area contributed by atoms with E-state index in [1.54, 1.807) is 14.0 Å². The van der Waals surface area contributed by atoms with Gasteiger partial charge in [-0.2, -0.15) is 0 Å². The van der Waals surface area contributed by atoms with Crippen LogP contribution in [0.4, 0.5) is 0 Å². The van der Waals surface area contributed by atoms with Crippen molar-refractivity contribution in [3.8, 4) is 0 Å². The number of hydrogen-bond donors (Lipinski definition) is 2. The molecule has 2 heterocycles. The van der Waals surface area contributed by atoms with E-state index in [1.807, 2.05) is 11.8 Å². The van der Waals surface area contributed by atoms with Crippen molar-refractivity contribution < 1.29 is 19.4 Å². The molecular weight excluding hydrogens is 260 g/mol. The van der Waals surface area contributed by atoms with E-state index in [2.05, 4.69) is 5.32 Å². The van der Waals surface area contributed by atoms with Crippen molar-refractivity contribution in [2.75, 3.05) is 20.2 Å². The molecule has 0 aliphatic carbocycles. The number of carbonyl (C=O) groups is 2. The molecule has 0 saturated carbocycles. The summed E-state index contributed by atoms with van der Waals surface area (Å²) in [5.74, 6) is -0.880. The van der Waals surface area contributed by atoms with E-state index in [1.165, 1.54) is 0 Å². The number of hydrogen-bond acceptors (Lipinski definition) is 4. The molecule has 114 valence electrons. The van der Waals surface area contributed by atoms with E-state index >= 15 is 0 Å². The molecule has 0 spiro atoms. The molecule has 2 N–H and O–H groups in total. The zero-order valence-electron chi connectivity index (χ0n) is 12.3. The third-order valence-corrected chi connectivity index (χ3v) is 4.53. The molecule has 6 heteroatoms. The van der Waals surface area contributed by atoms with E-state index in [4.69, 9.17) is 4.74 Å². The number of piperidine rings is 1. The van der Waals surface area contributed by atoms with Crippen LogP contribution in [0.3, 0.4) is 0 Å². The maximum atomic E-state index is 12.5. The van der Waals surface area contributed by atoms with Crippen LogP contribution in [0.25, 0.3) is 0 Å². The third-order valence-electron chi connectivity index (χ3n) is 4.53. The number of aliphatic hydroxyl groups is 1. The molecule has 2 fully saturated rings. The maximum absolute atomic E-state index is 12.5. The van der Waals surface area contributed by atoms with Crippen molar-refractivity contribution in [3.63, 3.8) is 0 Å². The number of nitrogens with one attached hydrogen (secondary N) is 1. The zero-order chi connectivity index (χ0) is 14.9. The molecule has 0 aromatic rings. The lowest BCUT2D eigenvalue weighted by molar-refractivity contribution is -0.149. The number of carbonyl (C=O) groups excluding carboxylic acids is 2. The number of nitrogens with zero attached hydrogens (tertiary/aromatic N) is 1. The van der Waals surface area contributed by atoms with Gasteiger partial charge in [-0.1, -0.05) is 6.92 Å². The number of β-lactam (4-membered cyclic amide) rings is 1. The molecule has 1 unspecified atom stereocenters. The van der Waals surface area contributed by atoms with Gasteiger partial charge in [-0.3, -0.25) is 9.59 Å². The second-order valence-electron chi connectivity index (χ2n) is 5.85. The molecular formula is C14H24N2O4. The fourth-order valence-corrected chi connectivity index (χ4v) is 3.13. The predicted octanol–water partition coefficient (Wildman–Crippen LogP) is -0.245. The Morgan fingerprint density at radius 3 is 2.45 bits per heavy atom. The summed E-state index contributed by atoms with van der Waals surface area (Å²) in [6.45, 7) is 4.81. The number of amides is 2. The van der Waals surface area contributed by atoms with Crippen LogP contribution in [0.1, 0.15) is 26.7 Å². The van der Waals surface area contributed by atoms with Gasteiger partial charge in [-0.15, -0.1) is 0 Å². The van der Waals surface area contributed by atoms with Crippen molar-refractivity contribution >= 4 is 11.8 Å². The molecule has 4 atom stereocenters. The smallest absolute Gasteiger partial charge is 0.228 e. The first kappa shape index (κ1) is 15.3. The van der Waals surface area contributed by atoms with E-state index in [0.717, 1.165) is 12.8 Å². The van der Waals surface area contributed by atoms with Crippen LogP contribution in [0, 0.1) is 11.8 Å². The largest absolute Gasteiger partial charge is 0.393 e. The normalized spacial score (nSPS) is 30.4. The molecule has 2 rings (SSSR count). The van der Waals surface area contributed by atoms with E-state index in [0.29, 0.717) is 13.1 Å². The number of aliphatic hydroxyl groups excluding tert-OH is 1. The number of ether oxygens (including phenoxy) is 1. The molecule has 2 aliphatic rings. The van der Waals surface area contributed by atoms with Crippen LogP contribution in [0.2, 0.25) is 0 Å². The SMILES string of the molecule is COC1CCN(C(=O)[C@H](C)[C@H]2NC(=O)C2[C@@H](C)O)CC1. The van der Waals surface area contributed by atoms with E-state index in [-0.39, 0.29) is 29.9 Å². The summed E-state index contributed by atoms with van der Waals surface area (Å²) in [4.78, 5) is 25.7. The Morgan fingerprint density at radius 2 is 2.00 bits per heavy atom. The summed E-state index contributed by atoms with van der Waals surface area (Å²) in [6, 6.07) is -0.254. The fourth-order valence-electron chi connectivity index (χ4n) is 3.13. The Bertz CT molecular complexity index is 377. The van der Waals surface area contributed by atoms with Crippen molar-refractivity contribution in [1.82, 2.24) is 10.2 Å². The van der Waals surface area contributed by atoms with E-state index in [9.17, 15) is 14.7 Å². The fraction of sp³-hybridized carbons (Fsp3) is 0.857. The summed E-state index contributed by atoms with van der Waals surface area (Å²) >= 11 is 0. The Labute approximate surface area is 119 Å². The molecule has 20 heavy (non-hydrogen) atoms. The zero-order valence-corrected chi connectivity index (χ0v) is 12.3. The highest BCUT2D eigenvalue weighted by Gasteiger charge is 2.47. The average Bonchev–Trinajstić information content (AvgIpc) is 2.42. The predicted molar refractivity (Wildman–Crippen MR) is 72.9 cm³/mol. The summed E-state index contributed by atoms with van der Waals surface area (Å²) < 4.78 is 5.29. The second-order valence-corrected chi connectivity index (χ2v) is 5.85. The summed E-state index contributed by atoms with van der Waals surface area (Å²) in [6.07, 6.45) is 1.23. The molecule has 0 aromatic carbocycles. The van der Waals surface area contributed by atoms with Gasteiger partial charge < -0.3 is 20.1 Å². The topological polar surface area (TPSA) is 78.9 Å². The number of methoxy groups -OCH3 is 1. The highest BCUT2D eigenvalue weighted by molar-refractivity contribution is 5.90. The van der Waals surface area contributed by atoms with Gasteiger partial charge in [0, 0.05) is 20.2 Å². The Balaban J connectivity index is 1.91. The van der Waals surface area contributed by atoms with Gasteiger partial charge in [0.1, 0.15) is 0 Å². The second kappa shape index (κ2) is 6.10. The summed E-state index contributed by atoms with van der Waals surface area (Å²) in [5, 5.41) is 12.4. The first-order valence-electron chi connectivity index (χ1n) is 7.25. The molecule has 6 nitrogen and oxygen atoms in total. The van der Waals surface area contributed by atoms with Gasteiger partial charge in [0.25, 0.3) is 0 Å². The van der Waals surface area contributed by atoms with Crippen molar-refractivity contribution in [1.29, 1.82) is 0 Å². The lowest BCUT2D eigenvalue weighted by Gasteiger charge is -2.43. The van der Waals surface area contributed by atoms with Crippen LogP contribution in [0.15, 0.2) is 0 Å². The molecule has 0 aromatic heterocycles. The molecule has 0 bridgehead atoms. The lowest BCUT2D eigenvalue weighted by atomic mass is 9.78. The van der Waals surface area contributed by atoms with Crippen LogP contribution >= 0.6 is 0 Å². The molecule has 2 saturated heterocycles. The first-order valence-corrected chi connectivity index (χ1v) is 7.25. The number of likely N-dealkylation sites (tertiary alicyclic amines) is 1. The standard InChI is InChI=1S/C14H24N2O4/c1-8(12-11(9(2)17)13(18)15-12)14(19)16-6-4-10(20-3)5-7-16/h8-12,17H,4-7H2,1-3H3,(H,15,18)/t8-,9-,11?,12-/m1/s1. The van der Waals surface area contributed by atoms with Crippen LogP contribution in [-0.2, 0) is 14.3 Å². The van der Waals surface area contributed by atoms with Crippen molar-refractivity contribution in [2.24, 2.45) is 11.8 Å². The minimum Gasteiger partial charge on any atom is -0.393 e. The van der Waals surface area contributed by atoms with Gasteiger partial charge in [0.05, 0.1) is 30.1 Å². The van der Waals surface area contributed by atoms with Crippen LogP contribution in [0.5, 0.6) is 0 Å². The van der Waals surface area contributed by atoms with Crippen molar-refractivity contribution in [2.45, 2.75) is 44.9 Å². The molecule has 0 radical (unpaired) electrons. The quantitative estimate of drug-likeness (QED) is 0.698.